The van der Waals surface area contributed by atoms with Crippen LogP contribution in [0.15, 0.2) is 211 Å². The largest absolute Gasteiger partial charge is 0.166 e. The van der Waals surface area contributed by atoms with Crippen molar-refractivity contribution < 1.29 is 12.6 Å². The second-order valence-electron chi connectivity index (χ2n) is 8.92. The molecule has 0 amide bonds. The van der Waals surface area contributed by atoms with Gasteiger partial charge in [0.1, 0.15) is 0 Å². The van der Waals surface area contributed by atoms with Gasteiger partial charge in [0.05, 0.1) is 21.8 Å². The Bertz CT molecular complexity index is 1340. The van der Waals surface area contributed by atoms with Crippen molar-refractivity contribution in [2.45, 2.75) is 29.4 Å². The molecule has 0 aliphatic carbocycles. The van der Waals surface area contributed by atoms with Crippen LogP contribution >= 0.6 is 0 Å². The zero-order valence-corrected chi connectivity index (χ0v) is 27.4. The van der Waals surface area contributed by atoms with Crippen LogP contribution in [0.5, 0.6) is 0 Å². The van der Waals surface area contributed by atoms with Gasteiger partial charge < -0.3 is 0 Å². The molecule has 0 spiro atoms. The fourth-order valence-electron chi connectivity index (χ4n) is 4.16. The van der Waals surface area contributed by atoms with Gasteiger partial charge in [-0.25, -0.2) is 0 Å². The van der Waals surface area contributed by atoms with Gasteiger partial charge in [0.15, 0.2) is 29.4 Å². The fraction of sp³-hybridized carbons (Fsp3) is 0. The van der Waals surface area contributed by atoms with E-state index in [0.29, 0.717) is 0 Å². The standard InChI is InChI=1S/2C18H15S.FH.3O.Sb/c2*1-4-10-16(11-5-1)19(17-12-6-2-7-13-17)18-14-8-3-9-15-18;;;;;/h2*1-15H;1H;;;;/q2*+1;;;2*-1;+1/p-1. The topological polar surface area (TPSA) is 63.2 Å². The summed E-state index contributed by atoms with van der Waals surface area (Å²) in [6, 6.07) is 64.3. The molecule has 0 radical (unpaired) electrons. The molecule has 6 aromatic carbocycles. The van der Waals surface area contributed by atoms with E-state index in [4.69, 9.17) is 9.79 Å². The molecule has 6 rings (SSSR count). The van der Waals surface area contributed by atoms with Crippen molar-refractivity contribution in [2.24, 2.45) is 0 Å². The maximum atomic E-state index is 10.2. The van der Waals surface area contributed by atoms with Crippen molar-refractivity contribution in [1.82, 2.24) is 0 Å². The van der Waals surface area contributed by atoms with E-state index in [2.05, 4.69) is 182 Å². The van der Waals surface area contributed by atoms with E-state index < -0.39 is 20.2 Å². The molecule has 0 fully saturated rings. The van der Waals surface area contributed by atoms with E-state index in [1.54, 1.807) is 0 Å². The average molecular weight is 716 g/mol. The van der Waals surface area contributed by atoms with E-state index in [1.165, 1.54) is 29.4 Å². The Hall–Kier alpha value is -3.51. The molecule has 0 heterocycles. The molecule has 0 aromatic heterocycles. The summed E-state index contributed by atoms with van der Waals surface area (Å²) in [4.78, 5) is 8.17. The third-order valence-corrected chi connectivity index (χ3v) is 10.3. The molecule has 3 nitrogen and oxygen atoms in total. The Labute approximate surface area is 264 Å². The summed E-state index contributed by atoms with van der Waals surface area (Å²) in [5, 5.41) is 0. The fourth-order valence-corrected chi connectivity index (χ4v) is 8.36. The van der Waals surface area contributed by atoms with Crippen LogP contribution in [0.25, 0.3) is 0 Å². The molecule has 7 heteroatoms. The molecule has 0 unspecified atom stereocenters. The van der Waals surface area contributed by atoms with Gasteiger partial charge in [0.2, 0.25) is 0 Å². The van der Waals surface area contributed by atoms with Crippen LogP contribution < -0.4 is 6.77 Å². The minimum absolute atomic E-state index is 0.0146. The maximum Gasteiger partial charge on any atom is 0.166 e. The molecule has 6 aromatic rings. The quantitative estimate of drug-likeness (QED) is 0.137. The molecule has 0 saturated heterocycles. The van der Waals surface area contributed by atoms with Gasteiger partial charge in [-0.05, 0) is 72.8 Å². The van der Waals surface area contributed by atoms with Gasteiger partial charge >= 0.3 is 32.8 Å². The van der Waals surface area contributed by atoms with Crippen LogP contribution in [0.4, 0.5) is 2.81 Å². The zero-order chi connectivity index (χ0) is 30.3. The molecule has 216 valence electrons. The van der Waals surface area contributed by atoms with Crippen LogP contribution in [-0.2, 0) is 24.8 Å². The van der Waals surface area contributed by atoms with E-state index in [9.17, 15) is 2.81 Å². The molecule has 0 aliphatic heterocycles. The van der Waals surface area contributed by atoms with E-state index >= 15 is 0 Å². The van der Waals surface area contributed by atoms with Gasteiger partial charge in [-0.2, -0.15) is 0 Å². The predicted octanol–water partition coefficient (Wildman–Crippen LogP) is 7.11. The Morgan fingerprint density at radius 2 is 0.465 bits per heavy atom. The maximum absolute atomic E-state index is 10.2. The summed E-state index contributed by atoms with van der Waals surface area (Å²) in [5.41, 5.74) is 0. The number of halogens is 1. The van der Waals surface area contributed by atoms with Crippen molar-refractivity contribution in [1.29, 1.82) is 0 Å². The Morgan fingerprint density at radius 3 is 0.581 bits per heavy atom. The summed E-state index contributed by atoms with van der Waals surface area (Å²) in [6.45, 7) is 0. The summed E-state index contributed by atoms with van der Waals surface area (Å²) < 4.78 is 35.8. The van der Waals surface area contributed by atoms with Crippen LogP contribution in [0, 0.1) is 0 Å². The van der Waals surface area contributed by atoms with Gasteiger partial charge in [-0.3, -0.25) is 0 Å². The summed E-state index contributed by atoms with van der Waals surface area (Å²) in [7, 11) is -0.0293. The van der Waals surface area contributed by atoms with Crippen molar-refractivity contribution in [3.05, 3.63) is 182 Å². The minimum atomic E-state index is -6.35. The van der Waals surface area contributed by atoms with Gasteiger partial charge in [0, 0.05) is 0 Å². The second kappa shape index (κ2) is 17.0. The summed E-state index contributed by atoms with van der Waals surface area (Å²) in [6.07, 6.45) is 0. The summed E-state index contributed by atoms with van der Waals surface area (Å²) >= 11 is -6.35. The monoisotopic (exact) mass is 714 g/mol. The first-order chi connectivity index (χ1) is 20.9. The van der Waals surface area contributed by atoms with E-state index in [1.807, 2.05) is 0 Å². The molecule has 0 atom stereocenters. The van der Waals surface area contributed by atoms with Crippen molar-refractivity contribution in [3.8, 4) is 0 Å². The predicted molar refractivity (Wildman–Crippen MR) is 171 cm³/mol. The minimum Gasteiger partial charge on any atom is -0.0619 e. The third kappa shape index (κ3) is 10.9. The van der Waals surface area contributed by atoms with Crippen LogP contribution in [-0.4, -0.2) is 20.2 Å². The Kier molecular flexibility index (Phi) is 12.8. The SMILES string of the molecule is [O]=[Sb]([O-])([O-])[F].c1ccc([S+](c2ccccc2)c2ccccc2)cc1.c1ccc([S+](c2ccccc2)c2ccccc2)cc1. The molecular weight excluding hydrogens is 685 g/mol. The first-order valence-electron chi connectivity index (χ1n) is 13.4. The molecule has 0 saturated carbocycles. The number of hydrogen-bond acceptors (Lipinski definition) is 3. The number of hydrogen-bond donors (Lipinski definition) is 0. The summed E-state index contributed by atoms with van der Waals surface area (Å²) in [5.74, 6) is 0. The first kappa shape index (κ1) is 32.4. The van der Waals surface area contributed by atoms with Gasteiger partial charge in [0.25, 0.3) is 0 Å². The Morgan fingerprint density at radius 1 is 0.349 bits per heavy atom. The molecule has 43 heavy (non-hydrogen) atoms. The van der Waals surface area contributed by atoms with E-state index in [0.717, 1.165) is 0 Å². The Balaban J connectivity index is 0.000000171. The van der Waals surface area contributed by atoms with E-state index in [-0.39, 0.29) is 21.8 Å². The second-order valence-corrected chi connectivity index (χ2v) is 15.4. The zero-order valence-electron chi connectivity index (χ0n) is 23.2. The molecular formula is C36H30FO3S2Sb. The normalized spacial score (nSPS) is 10.7. The average Bonchev–Trinajstić information content (AvgIpc) is 3.04. The molecule has 0 N–H and O–H groups in total. The number of rotatable bonds is 6. The van der Waals surface area contributed by atoms with Crippen molar-refractivity contribution >= 4 is 42.0 Å². The van der Waals surface area contributed by atoms with Crippen molar-refractivity contribution in [2.75, 3.05) is 0 Å². The number of benzene rings is 6. The van der Waals surface area contributed by atoms with Gasteiger partial charge in [-0.15, -0.1) is 0 Å². The van der Waals surface area contributed by atoms with Crippen LogP contribution in [0.1, 0.15) is 0 Å². The third-order valence-electron chi connectivity index (χ3n) is 5.87. The first-order valence-corrected chi connectivity index (χ1v) is 19.9. The smallest absolute Gasteiger partial charge is 0.0619 e. The van der Waals surface area contributed by atoms with Crippen LogP contribution in [0.2, 0.25) is 0 Å². The molecule has 0 bridgehead atoms. The van der Waals surface area contributed by atoms with Gasteiger partial charge in [-0.1, -0.05) is 109 Å². The van der Waals surface area contributed by atoms with Crippen LogP contribution in [0.3, 0.4) is 0 Å². The molecule has 0 aliphatic rings. The van der Waals surface area contributed by atoms with Crippen molar-refractivity contribution in [3.63, 3.8) is 0 Å².